The van der Waals surface area contributed by atoms with Gasteiger partial charge in [0.15, 0.2) is 0 Å². The smallest absolute Gasteiger partial charge is 0.244 e. The quantitative estimate of drug-likeness (QED) is 0.507. The summed E-state index contributed by atoms with van der Waals surface area (Å²) in [4.78, 5) is 28.4. The molecule has 0 spiro atoms. The summed E-state index contributed by atoms with van der Waals surface area (Å²) < 4.78 is 26.3. The van der Waals surface area contributed by atoms with E-state index in [-0.39, 0.29) is 18.5 Å². The Morgan fingerprint density at radius 2 is 1.77 bits per heavy atom. The number of sulfonamides is 1. The largest absolute Gasteiger partial charge is 0.352 e. The van der Waals surface area contributed by atoms with Gasteiger partial charge in [-0.1, -0.05) is 67.3 Å². The third kappa shape index (κ3) is 7.45. The van der Waals surface area contributed by atoms with Crippen molar-refractivity contribution in [2.45, 2.75) is 64.6 Å². The van der Waals surface area contributed by atoms with Gasteiger partial charge in [0.1, 0.15) is 12.6 Å². The van der Waals surface area contributed by atoms with E-state index in [4.69, 9.17) is 11.6 Å². The Bertz CT molecular complexity index is 1130. The van der Waals surface area contributed by atoms with E-state index in [1.807, 2.05) is 38.1 Å². The van der Waals surface area contributed by atoms with Crippen LogP contribution >= 0.6 is 11.6 Å². The molecule has 0 unspecified atom stereocenters. The molecule has 2 amide bonds. The van der Waals surface area contributed by atoms with E-state index in [0.29, 0.717) is 17.1 Å². The fourth-order valence-corrected chi connectivity index (χ4v) is 5.45. The van der Waals surface area contributed by atoms with Crippen molar-refractivity contribution in [2.75, 3.05) is 17.1 Å². The second-order valence-corrected chi connectivity index (χ2v) is 11.5. The Hall–Kier alpha value is -2.58. The summed E-state index contributed by atoms with van der Waals surface area (Å²) in [5.74, 6) is -0.655. The zero-order valence-electron chi connectivity index (χ0n) is 20.5. The second kappa shape index (κ2) is 11.9. The van der Waals surface area contributed by atoms with Gasteiger partial charge in [-0.05, 0) is 49.9 Å². The van der Waals surface area contributed by atoms with Crippen LogP contribution in [0.5, 0.6) is 0 Å². The lowest BCUT2D eigenvalue weighted by atomic mass is 10.1. The monoisotopic (exact) mass is 519 g/mol. The lowest BCUT2D eigenvalue weighted by Crippen LogP contribution is -2.53. The number of aryl methyl sites for hydroxylation is 1. The minimum atomic E-state index is -3.79. The lowest BCUT2D eigenvalue weighted by molar-refractivity contribution is -0.140. The number of amides is 2. The van der Waals surface area contributed by atoms with Gasteiger partial charge in [0.25, 0.3) is 0 Å². The van der Waals surface area contributed by atoms with E-state index >= 15 is 0 Å². The lowest BCUT2D eigenvalue weighted by Gasteiger charge is -2.33. The molecule has 1 fully saturated rings. The van der Waals surface area contributed by atoms with E-state index in [9.17, 15) is 18.0 Å². The van der Waals surface area contributed by atoms with E-state index in [1.165, 1.54) is 11.0 Å². The molecule has 35 heavy (non-hydrogen) atoms. The van der Waals surface area contributed by atoms with Crippen LogP contribution in [0.4, 0.5) is 5.69 Å². The number of benzene rings is 2. The van der Waals surface area contributed by atoms with Gasteiger partial charge in [-0.2, -0.15) is 0 Å². The Balaban J connectivity index is 1.91. The maximum atomic E-state index is 13.7. The number of nitrogens with one attached hydrogen (secondary N) is 1. The summed E-state index contributed by atoms with van der Waals surface area (Å²) in [5.41, 5.74) is 2.25. The van der Waals surface area contributed by atoms with Crippen LogP contribution in [0.3, 0.4) is 0 Å². The van der Waals surface area contributed by atoms with Gasteiger partial charge in [0, 0.05) is 17.6 Å². The highest BCUT2D eigenvalue weighted by Crippen LogP contribution is 2.23. The first kappa shape index (κ1) is 27.0. The van der Waals surface area contributed by atoms with Crippen molar-refractivity contribution in [1.29, 1.82) is 0 Å². The van der Waals surface area contributed by atoms with Crippen LogP contribution in [0, 0.1) is 6.92 Å². The molecule has 0 aliphatic heterocycles. The molecule has 1 aliphatic rings. The normalized spacial score (nSPS) is 15.0. The van der Waals surface area contributed by atoms with Crippen LogP contribution in [0.25, 0.3) is 0 Å². The summed E-state index contributed by atoms with van der Waals surface area (Å²) in [7, 11) is -3.79. The summed E-state index contributed by atoms with van der Waals surface area (Å²) in [6.45, 7) is 3.60. The zero-order chi connectivity index (χ0) is 25.6. The Labute approximate surface area is 213 Å². The molecule has 2 aromatic rings. The SMILES string of the molecule is CC[C@@H](C(=O)NC1CCCC1)N(Cc1ccc(C)cc1)C(=O)CN(c1cccc(Cl)c1)S(C)(=O)=O. The molecule has 1 N–H and O–H groups in total. The maximum Gasteiger partial charge on any atom is 0.244 e. The first-order valence-corrected chi connectivity index (χ1v) is 14.2. The van der Waals surface area contributed by atoms with Crippen LogP contribution in [0.15, 0.2) is 48.5 Å². The average Bonchev–Trinajstić information content (AvgIpc) is 3.30. The number of halogens is 1. The molecule has 190 valence electrons. The molecule has 0 saturated heterocycles. The van der Waals surface area contributed by atoms with Gasteiger partial charge in [-0.25, -0.2) is 8.42 Å². The van der Waals surface area contributed by atoms with Crippen molar-refractivity contribution >= 4 is 39.1 Å². The molecule has 2 aromatic carbocycles. The van der Waals surface area contributed by atoms with Crippen molar-refractivity contribution in [3.05, 3.63) is 64.7 Å². The van der Waals surface area contributed by atoms with E-state index in [1.54, 1.807) is 18.2 Å². The molecule has 3 rings (SSSR count). The summed E-state index contributed by atoms with van der Waals surface area (Å²) in [6, 6.07) is 13.5. The fraction of sp³-hybridized carbons (Fsp3) is 0.462. The van der Waals surface area contributed by atoms with Crippen LogP contribution in [0.1, 0.15) is 50.2 Å². The van der Waals surface area contributed by atoms with Crippen LogP contribution in [-0.2, 0) is 26.2 Å². The molecule has 9 heteroatoms. The summed E-state index contributed by atoms with van der Waals surface area (Å²) >= 11 is 6.08. The number of hydrogen-bond donors (Lipinski definition) is 1. The summed E-state index contributed by atoms with van der Waals surface area (Å²) in [6.07, 6.45) is 5.49. The molecular formula is C26H34ClN3O4S. The van der Waals surface area contributed by atoms with Crippen molar-refractivity contribution < 1.29 is 18.0 Å². The van der Waals surface area contributed by atoms with Crippen LogP contribution in [0.2, 0.25) is 5.02 Å². The number of carbonyl (C=O) groups excluding carboxylic acids is 2. The molecule has 0 radical (unpaired) electrons. The third-order valence-corrected chi connectivity index (χ3v) is 7.71. The Morgan fingerprint density at radius 1 is 1.11 bits per heavy atom. The van der Waals surface area contributed by atoms with Gasteiger partial charge >= 0.3 is 0 Å². The Kier molecular flexibility index (Phi) is 9.19. The maximum absolute atomic E-state index is 13.7. The van der Waals surface area contributed by atoms with Gasteiger partial charge in [0.2, 0.25) is 21.8 Å². The number of anilines is 1. The molecule has 0 aromatic heterocycles. The highest BCUT2D eigenvalue weighted by atomic mass is 35.5. The van der Waals surface area contributed by atoms with Gasteiger partial charge in [-0.15, -0.1) is 0 Å². The molecular weight excluding hydrogens is 486 g/mol. The van der Waals surface area contributed by atoms with E-state index in [0.717, 1.165) is 47.4 Å². The summed E-state index contributed by atoms with van der Waals surface area (Å²) in [5, 5.41) is 3.46. The van der Waals surface area contributed by atoms with Gasteiger partial charge in [-0.3, -0.25) is 13.9 Å². The zero-order valence-corrected chi connectivity index (χ0v) is 22.1. The Morgan fingerprint density at radius 3 is 2.34 bits per heavy atom. The fourth-order valence-electron chi connectivity index (χ4n) is 4.42. The topological polar surface area (TPSA) is 86.8 Å². The number of nitrogens with zero attached hydrogens (tertiary/aromatic N) is 2. The number of carbonyl (C=O) groups is 2. The standard InChI is InChI=1S/C26H34ClN3O4S/c1-4-24(26(32)28-22-9-5-6-10-22)29(17-20-14-12-19(2)13-15-20)25(31)18-30(35(3,33)34)23-11-7-8-21(27)16-23/h7-8,11-16,22,24H,4-6,9-10,17-18H2,1-3H3,(H,28,32)/t24-/m0/s1. The van der Waals surface area contributed by atoms with Crippen LogP contribution < -0.4 is 9.62 Å². The minimum absolute atomic E-state index is 0.117. The molecule has 7 nitrogen and oxygen atoms in total. The highest BCUT2D eigenvalue weighted by molar-refractivity contribution is 7.92. The average molecular weight is 520 g/mol. The van der Waals surface area contributed by atoms with Gasteiger partial charge < -0.3 is 10.2 Å². The molecule has 1 aliphatic carbocycles. The van der Waals surface area contributed by atoms with Crippen molar-refractivity contribution in [2.24, 2.45) is 0 Å². The van der Waals surface area contributed by atoms with E-state index < -0.39 is 28.5 Å². The van der Waals surface area contributed by atoms with Gasteiger partial charge in [0.05, 0.1) is 11.9 Å². The highest BCUT2D eigenvalue weighted by Gasteiger charge is 2.33. The molecule has 0 bridgehead atoms. The predicted octanol–water partition coefficient (Wildman–Crippen LogP) is 4.28. The first-order valence-electron chi connectivity index (χ1n) is 12.0. The van der Waals surface area contributed by atoms with Crippen molar-refractivity contribution in [3.8, 4) is 0 Å². The number of rotatable bonds is 10. The van der Waals surface area contributed by atoms with E-state index in [2.05, 4.69) is 5.32 Å². The van der Waals surface area contributed by atoms with Crippen LogP contribution in [-0.4, -0.2) is 50.0 Å². The molecule has 1 atom stereocenters. The third-order valence-electron chi connectivity index (χ3n) is 6.34. The second-order valence-electron chi connectivity index (χ2n) is 9.17. The van der Waals surface area contributed by atoms with Crippen molar-refractivity contribution in [1.82, 2.24) is 10.2 Å². The van der Waals surface area contributed by atoms with Crippen molar-refractivity contribution in [3.63, 3.8) is 0 Å². The molecule has 0 heterocycles. The first-order chi connectivity index (χ1) is 16.6. The predicted molar refractivity (Wildman–Crippen MR) is 140 cm³/mol. The number of hydrogen-bond acceptors (Lipinski definition) is 4. The molecule has 1 saturated carbocycles. The minimum Gasteiger partial charge on any atom is -0.352 e.